The average molecular weight is 1330 g/mol. The number of carbonyl (C=O) groups is 3. The van der Waals surface area contributed by atoms with Crippen molar-refractivity contribution in [2.24, 2.45) is 24.8 Å². The summed E-state index contributed by atoms with van der Waals surface area (Å²) in [5.41, 5.74) is 18.1. The SMILES string of the molecule is CN(Cc1ccc(-c2cccc3nc(NC(=O)C4CC4)nn23)cc1)Cc1ccn(C)n1.CN(Cc1ccc(-c2ccccn2)cc1)Cc1ccc(-c2cccc3nc(NC(=O)C4CC4)nn23)cc1.N#CCc1ccc(NCc2ccc(-c3cccc4nc(NC(=O)C5CC5)nn34)cc2)cc1. The molecule has 0 radical (unpaired) electrons. The van der Waals surface area contributed by atoms with Gasteiger partial charge in [-0.1, -0.05) is 133 Å². The number of fused-ring (bicyclic) bond motifs is 3. The van der Waals surface area contributed by atoms with Gasteiger partial charge in [-0.15, -0.1) is 15.3 Å². The molecule has 4 N–H and O–H groups in total. The fourth-order valence-electron chi connectivity index (χ4n) is 11.8. The van der Waals surface area contributed by atoms with E-state index in [2.05, 4.69) is 189 Å². The molecule has 0 saturated heterocycles. The lowest BCUT2D eigenvalue weighted by Gasteiger charge is -2.17. The molecule has 8 heterocycles. The molecule has 3 aliphatic carbocycles. The van der Waals surface area contributed by atoms with Crippen LogP contribution in [0.4, 0.5) is 23.5 Å². The van der Waals surface area contributed by atoms with Gasteiger partial charge in [-0.3, -0.25) is 49.8 Å². The van der Waals surface area contributed by atoms with E-state index in [0.29, 0.717) is 47.8 Å². The van der Waals surface area contributed by atoms with Crippen molar-refractivity contribution >= 4 is 58.2 Å². The Morgan fingerprint density at radius 1 is 0.450 bits per heavy atom. The molecule has 5 aromatic carbocycles. The fraction of sp³-hybridized carbons (Fsp3) is 0.231. The number of nitriles is 1. The molecular weight excluding hydrogens is 1250 g/mol. The predicted molar refractivity (Wildman–Crippen MR) is 386 cm³/mol. The molecule has 0 spiro atoms. The van der Waals surface area contributed by atoms with E-state index in [1.165, 1.54) is 16.7 Å². The van der Waals surface area contributed by atoms with Crippen LogP contribution in [0.15, 0.2) is 213 Å². The van der Waals surface area contributed by atoms with E-state index in [0.717, 1.165) is 132 Å². The number of nitrogens with one attached hydrogen (secondary N) is 4. The summed E-state index contributed by atoms with van der Waals surface area (Å²) in [6.45, 7) is 4.03. The van der Waals surface area contributed by atoms with Crippen LogP contribution in [0.5, 0.6) is 0 Å². The Labute approximate surface area is 578 Å². The lowest BCUT2D eigenvalue weighted by Crippen LogP contribution is -2.17. The zero-order chi connectivity index (χ0) is 68.5. The molecule has 3 fully saturated rings. The Hall–Kier alpha value is -12.1. The lowest BCUT2D eigenvalue weighted by atomic mass is 10.1. The first-order valence-electron chi connectivity index (χ1n) is 33.7. The second-order valence-corrected chi connectivity index (χ2v) is 25.9. The highest BCUT2D eigenvalue weighted by molar-refractivity contribution is 5.94. The van der Waals surface area contributed by atoms with Crippen LogP contribution >= 0.6 is 0 Å². The summed E-state index contributed by atoms with van der Waals surface area (Å²) in [6, 6.07) is 69.5. The molecular formula is C78H75N19O3. The summed E-state index contributed by atoms with van der Waals surface area (Å²) >= 11 is 0. The number of hydrogen-bond donors (Lipinski definition) is 4. The molecule has 22 nitrogen and oxygen atoms in total. The lowest BCUT2D eigenvalue weighted by molar-refractivity contribution is -0.118. The van der Waals surface area contributed by atoms with Crippen molar-refractivity contribution in [2.75, 3.05) is 35.4 Å². The first-order chi connectivity index (χ1) is 48.9. The van der Waals surface area contributed by atoms with E-state index in [1.54, 1.807) is 13.5 Å². The van der Waals surface area contributed by atoms with Gasteiger partial charge in [0.1, 0.15) is 0 Å². The van der Waals surface area contributed by atoms with Gasteiger partial charge in [-0.25, -0.2) is 13.5 Å². The van der Waals surface area contributed by atoms with Crippen LogP contribution in [-0.4, -0.2) is 100 Å². The molecule has 3 aliphatic rings. The average Bonchev–Trinajstić information content (AvgIpc) is 1.65. The number of rotatable bonds is 22. The van der Waals surface area contributed by atoms with E-state index < -0.39 is 0 Å². The zero-order valence-corrected chi connectivity index (χ0v) is 55.9. The third-order valence-electron chi connectivity index (χ3n) is 17.6. The topological polar surface area (TPSA) is 251 Å². The van der Waals surface area contributed by atoms with Gasteiger partial charge in [0.25, 0.3) is 0 Å². The fourth-order valence-corrected chi connectivity index (χ4v) is 11.8. The Bertz CT molecular complexity index is 5050. The standard InChI is InChI=1S/C30H28N6O.C25H22N6O.C23H25N7O/c1-35(19-21-8-12-23(13-9-21)26-5-2-3-18-31-26)20-22-10-14-24(15-11-22)27-6-4-7-28-32-30(34-36(27)28)33-29(37)25-16-17-25;26-15-14-17-6-12-21(13-7-17)27-16-18-4-8-19(9-5-18)22-2-1-3-23-28-25(30-31(22)23)29-24(32)20-10-11-20;1-28(15-19-12-13-29(2)26-19)14-16-6-8-17(9-7-16)20-4-3-5-21-24-23(27-30(20)21)25-22(31)18-10-11-18/h2-15,18,25H,16-17,19-20H2,1H3,(H,33,34,37);1-9,12-13,20,27H,10-11,14,16H2,(H,29,30,32);3-9,12-13,18H,10-11,14-15H2,1-2H3,(H,25,27,31). The molecule has 0 bridgehead atoms. The van der Waals surface area contributed by atoms with Crippen LogP contribution in [-0.2, 0) is 60.6 Å². The van der Waals surface area contributed by atoms with Crippen molar-refractivity contribution in [3.05, 3.63) is 246 Å². The Balaban J connectivity index is 0.000000128. The number of aromatic nitrogens is 12. The normalized spacial score (nSPS) is 13.3. The largest absolute Gasteiger partial charge is 0.381 e. The summed E-state index contributed by atoms with van der Waals surface area (Å²) in [6.07, 6.45) is 9.90. The molecule has 8 aromatic heterocycles. The summed E-state index contributed by atoms with van der Waals surface area (Å²) in [5.74, 6) is 1.42. The highest BCUT2D eigenvalue weighted by atomic mass is 16.2. The maximum atomic E-state index is 12.1. The smallest absolute Gasteiger partial charge is 0.249 e. The highest BCUT2D eigenvalue weighted by Crippen LogP contribution is 2.33. The van der Waals surface area contributed by atoms with Crippen molar-refractivity contribution in [1.82, 2.24) is 68.4 Å². The molecule has 500 valence electrons. The second-order valence-electron chi connectivity index (χ2n) is 25.9. The van der Waals surface area contributed by atoms with Gasteiger partial charge in [0.2, 0.25) is 35.6 Å². The minimum Gasteiger partial charge on any atom is -0.381 e. The van der Waals surface area contributed by atoms with E-state index in [4.69, 9.17) is 5.26 Å². The number of anilines is 4. The Kier molecular flexibility index (Phi) is 19.4. The van der Waals surface area contributed by atoms with Crippen molar-refractivity contribution in [3.8, 4) is 51.1 Å². The molecule has 0 aliphatic heterocycles. The number of amides is 3. The van der Waals surface area contributed by atoms with E-state index in [1.807, 2.05) is 127 Å². The first kappa shape index (κ1) is 65.2. The summed E-state index contributed by atoms with van der Waals surface area (Å²) in [5, 5.41) is 38.7. The summed E-state index contributed by atoms with van der Waals surface area (Å²) < 4.78 is 7.16. The third kappa shape index (κ3) is 16.5. The minimum atomic E-state index is -0.000914. The molecule has 0 unspecified atom stereocenters. The monoisotopic (exact) mass is 1330 g/mol. The van der Waals surface area contributed by atoms with Gasteiger partial charge in [-0.2, -0.15) is 25.3 Å². The van der Waals surface area contributed by atoms with Crippen molar-refractivity contribution in [3.63, 3.8) is 0 Å². The number of benzene rings is 5. The number of carbonyl (C=O) groups excluding carboxylic acids is 3. The minimum absolute atomic E-state index is 0.000914. The second kappa shape index (κ2) is 29.7. The molecule has 22 heteroatoms. The quantitative estimate of drug-likeness (QED) is 0.0492. The van der Waals surface area contributed by atoms with Crippen LogP contribution in [0.25, 0.3) is 62.0 Å². The Morgan fingerprint density at radius 3 is 1.23 bits per heavy atom. The predicted octanol–water partition coefficient (Wildman–Crippen LogP) is 13.0. The van der Waals surface area contributed by atoms with E-state index in [-0.39, 0.29) is 35.5 Å². The number of nitrogens with zero attached hydrogens (tertiary/aromatic N) is 15. The van der Waals surface area contributed by atoms with Crippen LogP contribution < -0.4 is 21.3 Å². The van der Waals surface area contributed by atoms with E-state index >= 15 is 0 Å². The first-order valence-corrected chi connectivity index (χ1v) is 33.7. The molecule has 3 saturated carbocycles. The number of aryl methyl sites for hydroxylation is 1. The highest BCUT2D eigenvalue weighted by Gasteiger charge is 2.32. The zero-order valence-electron chi connectivity index (χ0n) is 55.9. The molecule has 13 aromatic rings. The third-order valence-corrected chi connectivity index (χ3v) is 17.6. The summed E-state index contributed by atoms with van der Waals surface area (Å²) in [7, 11) is 6.16. The Morgan fingerprint density at radius 2 is 0.850 bits per heavy atom. The molecule has 0 atom stereocenters. The van der Waals surface area contributed by atoms with Crippen molar-refractivity contribution < 1.29 is 14.4 Å². The number of hydrogen-bond acceptors (Lipinski definition) is 15. The maximum absolute atomic E-state index is 12.1. The van der Waals surface area contributed by atoms with Gasteiger partial charge >= 0.3 is 0 Å². The van der Waals surface area contributed by atoms with Crippen LogP contribution in [0, 0.1) is 29.1 Å². The van der Waals surface area contributed by atoms with Gasteiger partial charge in [0, 0.05) is 97.9 Å². The molecule has 16 rings (SSSR count). The maximum Gasteiger partial charge on any atom is 0.249 e. The molecule has 100 heavy (non-hydrogen) atoms. The summed E-state index contributed by atoms with van der Waals surface area (Å²) in [4.78, 5) is 58.5. The van der Waals surface area contributed by atoms with Crippen LogP contribution in [0.1, 0.15) is 72.0 Å². The van der Waals surface area contributed by atoms with Gasteiger partial charge in [0.05, 0.1) is 41.0 Å². The van der Waals surface area contributed by atoms with Crippen LogP contribution in [0.3, 0.4) is 0 Å². The van der Waals surface area contributed by atoms with Gasteiger partial charge < -0.3 is 5.32 Å². The van der Waals surface area contributed by atoms with E-state index in [9.17, 15) is 14.4 Å². The number of pyridine rings is 4. The molecule has 3 amide bonds. The van der Waals surface area contributed by atoms with Gasteiger partial charge in [-0.05, 0) is 147 Å². The van der Waals surface area contributed by atoms with Crippen molar-refractivity contribution in [1.29, 1.82) is 5.26 Å². The van der Waals surface area contributed by atoms with Crippen LogP contribution in [0.2, 0.25) is 0 Å². The van der Waals surface area contributed by atoms with Crippen molar-refractivity contribution in [2.45, 2.75) is 77.7 Å². The van der Waals surface area contributed by atoms with Gasteiger partial charge in [0.15, 0.2) is 16.9 Å².